The Morgan fingerprint density at radius 2 is 2.12 bits per heavy atom. The molecular weight excluding hydrogens is 334 g/mol. The van der Waals surface area contributed by atoms with Crippen LogP contribution in [0.15, 0.2) is 36.5 Å². The Hall–Kier alpha value is -2.02. The third-order valence-electron chi connectivity index (χ3n) is 4.08. The number of ether oxygens (including phenoxy) is 1. The number of rotatable bonds is 8. The summed E-state index contributed by atoms with van der Waals surface area (Å²) in [7, 11) is 0. The Kier molecular flexibility index (Phi) is 5.96. The Morgan fingerprint density at radius 3 is 2.84 bits per heavy atom. The number of hydrogen-bond acceptors (Lipinski definition) is 6. The third kappa shape index (κ3) is 4.34. The SMILES string of the molecule is CCN(CCO)CCOc1cc(C)c2nc(-c3ccccn3)sc2c1. The van der Waals surface area contributed by atoms with Gasteiger partial charge in [0, 0.05) is 19.3 Å². The topological polar surface area (TPSA) is 58.5 Å². The van der Waals surface area contributed by atoms with Crippen molar-refractivity contribution in [2.45, 2.75) is 13.8 Å². The van der Waals surface area contributed by atoms with Gasteiger partial charge in [0.15, 0.2) is 0 Å². The van der Waals surface area contributed by atoms with E-state index in [4.69, 9.17) is 14.8 Å². The predicted octanol–water partition coefficient (Wildman–Crippen LogP) is 3.36. The lowest BCUT2D eigenvalue weighted by Gasteiger charge is -2.19. The molecule has 0 saturated carbocycles. The Labute approximate surface area is 151 Å². The van der Waals surface area contributed by atoms with Crippen LogP contribution < -0.4 is 4.74 Å². The van der Waals surface area contributed by atoms with Crippen LogP contribution in [0.4, 0.5) is 0 Å². The molecule has 0 atom stereocenters. The fraction of sp³-hybridized carbons (Fsp3) is 0.368. The van der Waals surface area contributed by atoms with Crippen LogP contribution in [0.2, 0.25) is 0 Å². The molecular formula is C19H23N3O2S. The van der Waals surface area contributed by atoms with Gasteiger partial charge in [-0.1, -0.05) is 13.0 Å². The highest BCUT2D eigenvalue weighted by atomic mass is 32.1. The Morgan fingerprint density at radius 1 is 1.24 bits per heavy atom. The van der Waals surface area contributed by atoms with Gasteiger partial charge in [0.2, 0.25) is 0 Å². The van der Waals surface area contributed by atoms with Crippen LogP contribution >= 0.6 is 11.3 Å². The minimum absolute atomic E-state index is 0.177. The lowest BCUT2D eigenvalue weighted by atomic mass is 10.2. The van der Waals surface area contributed by atoms with Gasteiger partial charge in [-0.25, -0.2) is 4.98 Å². The first-order chi connectivity index (χ1) is 12.2. The maximum absolute atomic E-state index is 9.04. The quantitative estimate of drug-likeness (QED) is 0.670. The molecule has 0 spiro atoms. The molecule has 25 heavy (non-hydrogen) atoms. The zero-order chi connectivity index (χ0) is 17.6. The number of nitrogens with zero attached hydrogens (tertiary/aromatic N) is 3. The normalized spacial score (nSPS) is 11.4. The van der Waals surface area contributed by atoms with Gasteiger partial charge in [-0.3, -0.25) is 9.88 Å². The number of hydrogen-bond donors (Lipinski definition) is 1. The van der Waals surface area contributed by atoms with Crippen LogP contribution in [-0.4, -0.2) is 52.8 Å². The monoisotopic (exact) mass is 357 g/mol. The molecule has 0 amide bonds. The van der Waals surface area contributed by atoms with Gasteiger partial charge in [0.25, 0.3) is 0 Å². The van der Waals surface area contributed by atoms with Gasteiger partial charge in [-0.2, -0.15) is 0 Å². The Balaban J connectivity index is 1.75. The van der Waals surface area contributed by atoms with Gasteiger partial charge >= 0.3 is 0 Å². The second kappa shape index (κ2) is 8.38. The smallest absolute Gasteiger partial charge is 0.143 e. The highest BCUT2D eigenvalue weighted by Gasteiger charge is 2.11. The second-order valence-corrected chi connectivity index (χ2v) is 6.86. The van der Waals surface area contributed by atoms with Crippen molar-refractivity contribution < 1.29 is 9.84 Å². The number of aliphatic hydroxyl groups is 1. The lowest BCUT2D eigenvalue weighted by Crippen LogP contribution is -2.30. The standard InChI is InChI=1S/C19H23N3O2S/c1-3-22(8-10-23)9-11-24-15-12-14(2)18-17(13-15)25-19(21-18)16-6-4-5-7-20-16/h4-7,12-13,23H,3,8-11H2,1-2H3. The molecule has 0 unspecified atom stereocenters. The van der Waals surface area contributed by atoms with E-state index in [2.05, 4.69) is 29.8 Å². The third-order valence-corrected chi connectivity index (χ3v) is 5.11. The predicted molar refractivity (Wildman–Crippen MR) is 102 cm³/mol. The van der Waals surface area contributed by atoms with Crippen molar-refractivity contribution in [2.24, 2.45) is 0 Å². The molecule has 3 aromatic rings. The molecule has 1 N–H and O–H groups in total. The fourth-order valence-electron chi connectivity index (χ4n) is 2.71. The molecule has 1 aromatic carbocycles. The molecule has 0 radical (unpaired) electrons. The molecule has 3 rings (SSSR count). The van der Waals surface area contributed by atoms with E-state index < -0.39 is 0 Å². The van der Waals surface area contributed by atoms with Crippen molar-refractivity contribution >= 4 is 21.6 Å². The van der Waals surface area contributed by atoms with Crippen LogP contribution in [0.3, 0.4) is 0 Å². The number of fused-ring (bicyclic) bond motifs is 1. The number of aromatic nitrogens is 2. The van der Waals surface area contributed by atoms with Crippen molar-refractivity contribution in [3.05, 3.63) is 42.1 Å². The summed E-state index contributed by atoms with van der Waals surface area (Å²) in [5.74, 6) is 0.862. The minimum atomic E-state index is 0.177. The van der Waals surface area contributed by atoms with E-state index in [1.165, 1.54) is 0 Å². The van der Waals surface area contributed by atoms with E-state index in [-0.39, 0.29) is 6.61 Å². The molecule has 0 saturated heterocycles. The van der Waals surface area contributed by atoms with E-state index in [1.807, 2.05) is 24.3 Å². The molecule has 6 heteroatoms. The van der Waals surface area contributed by atoms with Gasteiger partial charge < -0.3 is 9.84 Å². The highest BCUT2D eigenvalue weighted by Crippen LogP contribution is 2.33. The van der Waals surface area contributed by atoms with Crippen LogP contribution in [0.5, 0.6) is 5.75 Å². The fourth-order valence-corrected chi connectivity index (χ4v) is 3.76. The molecule has 2 aromatic heterocycles. The summed E-state index contributed by atoms with van der Waals surface area (Å²) in [6.07, 6.45) is 1.79. The van der Waals surface area contributed by atoms with Crippen LogP contribution in [0.25, 0.3) is 20.9 Å². The first kappa shape index (κ1) is 17.8. The number of aliphatic hydroxyl groups excluding tert-OH is 1. The molecule has 2 heterocycles. The number of likely N-dealkylation sites (N-methyl/N-ethyl adjacent to an activating group) is 1. The molecule has 0 aliphatic heterocycles. The van der Waals surface area contributed by atoms with Gasteiger partial charge in [0.05, 0.1) is 22.5 Å². The average Bonchev–Trinajstić information content (AvgIpc) is 3.06. The van der Waals surface area contributed by atoms with Gasteiger partial charge in [-0.05, 0) is 43.3 Å². The van der Waals surface area contributed by atoms with Crippen LogP contribution in [0, 0.1) is 6.92 Å². The van der Waals surface area contributed by atoms with Crippen molar-refractivity contribution in [1.82, 2.24) is 14.9 Å². The van der Waals surface area contributed by atoms with Crippen LogP contribution in [0.1, 0.15) is 12.5 Å². The molecule has 0 bridgehead atoms. The summed E-state index contributed by atoms with van der Waals surface area (Å²) >= 11 is 1.63. The van der Waals surface area contributed by atoms with E-state index in [9.17, 15) is 0 Å². The molecule has 0 fully saturated rings. The zero-order valence-corrected chi connectivity index (χ0v) is 15.4. The van der Waals surface area contributed by atoms with Crippen molar-refractivity contribution in [3.8, 4) is 16.5 Å². The van der Waals surface area contributed by atoms with E-state index in [0.29, 0.717) is 13.2 Å². The summed E-state index contributed by atoms with van der Waals surface area (Å²) in [4.78, 5) is 11.3. The number of thiazole rings is 1. The maximum Gasteiger partial charge on any atom is 0.143 e. The summed E-state index contributed by atoms with van der Waals surface area (Å²) in [5.41, 5.74) is 3.01. The maximum atomic E-state index is 9.04. The Bertz CT molecular complexity index is 820. The van der Waals surface area contributed by atoms with Gasteiger partial charge in [0.1, 0.15) is 17.4 Å². The highest BCUT2D eigenvalue weighted by molar-refractivity contribution is 7.21. The first-order valence-corrected chi connectivity index (χ1v) is 9.31. The van der Waals surface area contributed by atoms with Crippen molar-refractivity contribution in [3.63, 3.8) is 0 Å². The summed E-state index contributed by atoms with van der Waals surface area (Å²) < 4.78 is 7.04. The zero-order valence-electron chi connectivity index (χ0n) is 14.6. The minimum Gasteiger partial charge on any atom is -0.492 e. The number of benzene rings is 1. The number of aryl methyl sites for hydroxylation is 1. The van der Waals surface area contributed by atoms with Crippen LogP contribution in [-0.2, 0) is 0 Å². The first-order valence-electron chi connectivity index (χ1n) is 8.50. The van der Waals surface area contributed by atoms with E-state index in [1.54, 1.807) is 17.5 Å². The largest absolute Gasteiger partial charge is 0.492 e. The molecule has 0 aliphatic carbocycles. The number of pyridine rings is 1. The summed E-state index contributed by atoms with van der Waals surface area (Å²) in [6.45, 7) is 7.31. The lowest BCUT2D eigenvalue weighted by molar-refractivity contribution is 0.174. The molecule has 0 aliphatic rings. The molecule has 132 valence electrons. The van der Waals surface area contributed by atoms with E-state index >= 15 is 0 Å². The second-order valence-electron chi connectivity index (χ2n) is 5.83. The summed E-state index contributed by atoms with van der Waals surface area (Å²) in [5, 5.41) is 9.97. The van der Waals surface area contributed by atoms with Crippen molar-refractivity contribution in [1.29, 1.82) is 0 Å². The average molecular weight is 357 g/mol. The van der Waals surface area contributed by atoms with Crippen molar-refractivity contribution in [2.75, 3.05) is 32.8 Å². The summed E-state index contributed by atoms with van der Waals surface area (Å²) in [6, 6.07) is 9.94. The molecule has 5 nitrogen and oxygen atoms in total. The van der Waals surface area contributed by atoms with E-state index in [0.717, 1.165) is 45.3 Å². The van der Waals surface area contributed by atoms with Gasteiger partial charge in [-0.15, -0.1) is 11.3 Å².